The standard InChI is InChI=1S/C58H35N3O3/c1-2-14-34-30-44-35(29-33(34)13-1)27-28-38(36-15-3-4-16-37(36)44)45-32-53-46(39-17-5-8-22-48(39)64-53)31-47(45)58-60-56(42-20-11-25-51-54(42)40-18-6-9-23-49(40)62-51)59-57(61-58)43-21-12-26-52-55(43)41-19-7-10-24-50(41)63-52/h1-26,29-32,38H,27-28H2. The SMILES string of the molecule is c1ccc2c(c1)-c1cc3ccccc3cc1CCC2c1cc2oc3ccccc3c2cc1-c1nc(-c2cccc3oc4ccccc4c23)nc(-c2cccc3oc4ccccc4c23)n1. The van der Waals surface area contributed by atoms with Gasteiger partial charge in [0.2, 0.25) is 0 Å². The molecule has 1 atom stereocenters. The minimum absolute atomic E-state index is 0.00881. The van der Waals surface area contributed by atoms with E-state index in [1.807, 2.05) is 72.8 Å². The summed E-state index contributed by atoms with van der Waals surface area (Å²) in [5.41, 5.74) is 13.8. The van der Waals surface area contributed by atoms with Gasteiger partial charge in [0.1, 0.15) is 33.5 Å². The van der Waals surface area contributed by atoms with E-state index in [-0.39, 0.29) is 5.92 Å². The van der Waals surface area contributed by atoms with Crippen molar-refractivity contribution in [3.05, 3.63) is 199 Å². The number of hydrogen-bond donors (Lipinski definition) is 0. The first-order valence-corrected chi connectivity index (χ1v) is 21.8. The van der Waals surface area contributed by atoms with Gasteiger partial charge in [-0.3, -0.25) is 0 Å². The average Bonchev–Trinajstić information content (AvgIpc) is 4.01. The number of nitrogens with zero attached hydrogens (tertiary/aromatic N) is 3. The Morgan fingerprint density at radius 1 is 0.344 bits per heavy atom. The molecule has 0 saturated heterocycles. The van der Waals surface area contributed by atoms with Crippen LogP contribution in [0.2, 0.25) is 0 Å². The van der Waals surface area contributed by atoms with E-state index in [2.05, 4.69) is 109 Å². The maximum absolute atomic E-state index is 6.68. The van der Waals surface area contributed by atoms with Crippen molar-refractivity contribution in [1.82, 2.24) is 15.0 Å². The minimum Gasteiger partial charge on any atom is -0.456 e. The van der Waals surface area contributed by atoms with Gasteiger partial charge in [0, 0.05) is 54.9 Å². The highest BCUT2D eigenvalue weighted by molar-refractivity contribution is 6.14. The van der Waals surface area contributed by atoms with Gasteiger partial charge in [0.05, 0.1) is 0 Å². The van der Waals surface area contributed by atoms with Gasteiger partial charge in [0.15, 0.2) is 17.5 Å². The summed E-state index contributed by atoms with van der Waals surface area (Å²) < 4.78 is 19.5. The van der Waals surface area contributed by atoms with E-state index >= 15 is 0 Å². The van der Waals surface area contributed by atoms with Gasteiger partial charge in [-0.05, 0) is 100.0 Å². The lowest BCUT2D eigenvalue weighted by atomic mass is 9.82. The lowest BCUT2D eigenvalue weighted by Crippen LogP contribution is -2.07. The molecule has 0 radical (unpaired) electrons. The number of fused-ring (bicyclic) bond motifs is 13. The lowest BCUT2D eigenvalue weighted by Gasteiger charge is -2.22. The fourth-order valence-electron chi connectivity index (χ4n) is 10.5. The summed E-state index contributed by atoms with van der Waals surface area (Å²) in [4.78, 5) is 16.5. The number of aromatic nitrogens is 3. The van der Waals surface area contributed by atoms with Crippen molar-refractivity contribution in [1.29, 1.82) is 0 Å². The largest absolute Gasteiger partial charge is 0.456 e. The molecule has 1 aliphatic carbocycles. The normalized spacial score (nSPS) is 14.0. The molecule has 1 aliphatic rings. The topological polar surface area (TPSA) is 78.1 Å². The molecule has 6 heteroatoms. The van der Waals surface area contributed by atoms with Crippen LogP contribution >= 0.6 is 0 Å². The number of benzene rings is 9. The number of rotatable bonds is 4. The van der Waals surface area contributed by atoms with Crippen LogP contribution < -0.4 is 0 Å². The summed E-state index contributed by atoms with van der Waals surface area (Å²) in [6.07, 6.45) is 1.78. The molecule has 13 aromatic rings. The van der Waals surface area contributed by atoms with E-state index < -0.39 is 0 Å². The molecule has 0 spiro atoms. The van der Waals surface area contributed by atoms with Crippen LogP contribution in [0.5, 0.6) is 0 Å². The molecule has 1 unspecified atom stereocenters. The van der Waals surface area contributed by atoms with E-state index in [1.54, 1.807) is 0 Å². The Balaban J connectivity index is 1.07. The molecule has 0 fully saturated rings. The van der Waals surface area contributed by atoms with Gasteiger partial charge >= 0.3 is 0 Å². The summed E-state index contributed by atoms with van der Waals surface area (Å²) in [7, 11) is 0. The zero-order valence-electron chi connectivity index (χ0n) is 34.4. The van der Waals surface area contributed by atoms with Crippen molar-refractivity contribution in [2.24, 2.45) is 0 Å². The maximum atomic E-state index is 6.68. The second-order valence-corrected chi connectivity index (χ2v) is 16.9. The average molecular weight is 822 g/mol. The Morgan fingerprint density at radius 2 is 0.844 bits per heavy atom. The zero-order chi connectivity index (χ0) is 41.9. The maximum Gasteiger partial charge on any atom is 0.164 e. The van der Waals surface area contributed by atoms with Crippen molar-refractivity contribution in [2.45, 2.75) is 18.8 Å². The molecule has 6 nitrogen and oxygen atoms in total. The first-order valence-electron chi connectivity index (χ1n) is 21.8. The predicted octanol–water partition coefficient (Wildman–Crippen LogP) is 15.5. The smallest absolute Gasteiger partial charge is 0.164 e. The van der Waals surface area contributed by atoms with Crippen LogP contribution in [-0.2, 0) is 6.42 Å². The van der Waals surface area contributed by atoms with Gasteiger partial charge < -0.3 is 13.3 Å². The molecule has 0 saturated carbocycles. The molecule has 0 N–H and O–H groups in total. The Kier molecular flexibility index (Phi) is 7.48. The fourth-order valence-corrected chi connectivity index (χ4v) is 10.5. The third-order valence-corrected chi connectivity index (χ3v) is 13.4. The number of furan rings is 3. The molecule has 4 heterocycles. The molecule has 64 heavy (non-hydrogen) atoms. The fraction of sp³-hybridized carbons (Fsp3) is 0.0517. The third-order valence-electron chi connectivity index (χ3n) is 13.4. The Hall–Kier alpha value is -8.35. The molecule has 9 aromatic carbocycles. The van der Waals surface area contributed by atoms with Crippen LogP contribution in [0.1, 0.15) is 29.0 Å². The van der Waals surface area contributed by atoms with Crippen LogP contribution in [0.25, 0.3) is 122 Å². The Bertz CT molecular complexity index is 3930. The summed E-state index contributed by atoms with van der Waals surface area (Å²) >= 11 is 0. The quantitative estimate of drug-likeness (QED) is 0.176. The molecule has 14 rings (SSSR count). The molecule has 0 aliphatic heterocycles. The molecule has 4 aromatic heterocycles. The molecule has 300 valence electrons. The molecule has 0 amide bonds. The number of para-hydroxylation sites is 3. The minimum atomic E-state index is -0.00881. The van der Waals surface area contributed by atoms with Crippen molar-refractivity contribution < 1.29 is 13.3 Å². The summed E-state index contributed by atoms with van der Waals surface area (Å²) in [6.45, 7) is 0. The summed E-state index contributed by atoms with van der Waals surface area (Å²) in [5, 5.41) is 8.50. The van der Waals surface area contributed by atoms with E-state index in [4.69, 9.17) is 28.2 Å². The van der Waals surface area contributed by atoms with Crippen molar-refractivity contribution in [2.75, 3.05) is 0 Å². The van der Waals surface area contributed by atoms with Gasteiger partial charge in [-0.2, -0.15) is 0 Å². The lowest BCUT2D eigenvalue weighted by molar-refractivity contribution is 0.665. The highest BCUT2D eigenvalue weighted by Crippen LogP contribution is 2.47. The molecule has 0 bridgehead atoms. The van der Waals surface area contributed by atoms with Crippen LogP contribution in [0.15, 0.2) is 195 Å². The molecular weight excluding hydrogens is 787 g/mol. The van der Waals surface area contributed by atoms with Gasteiger partial charge in [-0.1, -0.05) is 133 Å². The predicted molar refractivity (Wildman–Crippen MR) is 258 cm³/mol. The number of aryl methyl sites for hydroxylation is 1. The monoisotopic (exact) mass is 821 g/mol. The van der Waals surface area contributed by atoms with E-state index in [9.17, 15) is 0 Å². The van der Waals surface area contributed by atoms with E-state index in [0.29, 0.717) is 17.5 Å². The van der Waals surface area contributed by atoms with Crippen molar-refractivity contribution in [3.8, 4) is 45.3 Å². The third kappa shape index (κ3) is 5.29. The highest BCUT2D eigenvalue weighted by atomic mass is 16.3. The molecular formula is C58H35N3O3. The van der Waals surface area contributed by atoms with Gasteiger partial charge in [-0.25, -0.2) is 15.0 Å². The zero-order valence-corrected chi connectivity index (χ0v) is 34.4. The van der Waals surface area contributed by atoms with Crippen LogP contribution in [0.3, 0.4) is 0 Å². The first-order chi connectivity index (χ1) is 31.7. The van der Waals surface area contributed by atoms with E-state index in [1.165, 1.54) is 33.0 Å². The number of hydrogen-bond acceptors (Lipinski definition) is 6. The second-order valence-electron chi connectivity index (χ2n) is 16.9. The summed E-state index contributed by atoms with van der Waals surface area (Å²) in [5.74, 6) is 1.70. The van der Waals surface area contributed by atoms with Gasteiger partial charge in [-0.15, -0.1) is 0 Å². The van der Waals surface area contributed by atoms with Crippen molar-refractivity contribution in [3.63, 3.8) is 0 Å². The Labute approximate surface area is 366 Å². The van der Waals surface area contributed by atoms with Gasteiger partial charge in [0.25, 0.3) is 0 Å². The van der Waals surface area contributed by atoms with Crippen molar-refractivity contribution >= 4 is 76.6 Å². The second kappa shape index (κ2) is 13.6. The Morgan fingerprint density at radius 3 is 1.52 bits per heavy atom. The van der Waals surface area contributed by atoms with E-state index in [0.717, 1.165) is 101 Å². The van der Waals surface area contributed by atoms with Crippen LogP contribution in [-0.4, -0.2) is 15.0 Å². The van der Waals surface area contributed by atoms with Crippen LogP contribution in [0.4, 0.5) is 0 Å². The van der Waals surface area contributed by atoms with Crippen LogP contribution in [0, 0.1) is 0 Å². The summed E-state index contributed by atoms with van der Waals surface area (Å²) in [6, 6.07) is 63.7. The highest BCUT2D eigenvalue weighted by Gasteiger charge is 2.29. The first kappa shape index (κ1) is 35.3.